The lowest BCUT2D eigenvalue weighted by Gasteiger charge is -2.19. The van der Waals surface area contributed by atoms with Gasteiger partial charge in [-0.05, 0) is 17.9 Å². The van der Waals surface area contributed by atoms with Gasteiger partial charge in [-0.3, -0.25) is 9.36 Å². The Labute approximate surface area is 188 Å². The molecule has 3 rings (SSSR count). The van der Waals surface area contributed by atoms with Gasteiger partial charge in [-0.25, -0.2) is 15.0 Å². The molecule has 13 heteroatoms. The maximum Gasteiger partial charge on any atom is 0.456 e. The van der Waals surface area contributed by atoms with Crippen molar-refractivity contribution in [3.63, 3.8) is 0 Å². The number of pyridine rings is 2. The summed E-state index contributed by atoms with van der Waals surface area (Å²) in [5.74, 6) is -4.43. The molecule has 0 N–H and O–H groups in total. The van der Waals surface area contributed by atoms with Crippen LogP contribution in [0.15, 0.2) is 52.5 Å². The number of ether oxygens (including phenoxy) is 2. The number of halogens is 5. The van der Waals surface area contributed by atoms with Crippen molar-refractivity contribution in [1.82, 2.24) is 19.5 Å². The van der Waals surface area contributed by atoms with Gasteiger partial charge in [-0.15, -0.1) is 11.8 Å². The molecule has 0 bridgehead atoms. The molecule has 176 valence electrons. The van der Waals surface area contributed by atoms with Crippen LogP contribution in [0, 0.1) is 0 Å². The highest BCUT2D eigenvalue weighted by molar-refractivity contribution is 7.99. The highest BCUT2D eigenvalue weighted by Gasteiger charge is 2.58. The van der Waals surface area contributed by atoms with Gasteiger partial charge < -0.3 is 9.47 Å². The van der Waals surface area contributed by atoms with E-state index in [-0.39, 0.29) is 5.82 Å². The number of nitrogens with zero attached hydrogens (tertiary/aromatic N) is 4. The molecular weight excluding hydrogens is 471 g/mol. The Kier molecular flexibility index (Phi) is 7.20. The summed E-state index contributed by atoms with van der Waals surface area (Å²) in [6.07, 6.45) is -2.05. The van der Waals surface area contributed by atoms with Crippen molar-refractivity contribution < 1.29 is 31.4 Å². The Bertz CT molecular complexity index is 1170. The summed E-state index contributed by atoms with van der Waals surface area (Å²) < 4.78 is 74.3. The lowest BCUT2D eigenvalue weighted by Crippen LogP contribution is -2.42. The molecule has 0 aliphatic heterocycles. The molecule has 0 radical (unpaired) electrons. The normalized spacial score (nSPS) is 12.0. The summed E-state index contributed by atoms with van der Waals surface area (Å²) in [5, 5.41) is 0. The van der Waals surface area contributed by atoms with E-state index in [4.69, 9.17) is 4.74 Å². The Morgan fingerprint density at radius 2 is 1.85 bits per heavy atom. The number of alkyl halides is 5. The fourth-order valence-corrected chi connectivity index (χ4v) is 3.33. The van der Waals surface area contributed by atoms with E-state index in [9.17, 15) is 26.7 Å². The monoisotopic (exact) mass is 488 g/mol. The summed E-state index contributed by atoms with van der Waals surface area (Å²) in [4.78, 5) is 25.5. The Balaban J connectivity index is 1.90. The molecule has 0 aliphatic rings. The molecule has 0 unspecified atom stereocenters. The number of hydrogen-bond acceptors (Lipinski definition) is 7. The van der Waals surface area contributed by atoms with Gasteiger partial charge in [-0.1, -0.05) is 13.0 Å². The zero-order chi connectivity index (χ0) is 24.2. The molecule has 0 aliphatic carbocycles. The van der Waals surface area contributed by atoms with Crippen molar-refractivity contribution in [3.8, 4) is 28.9 Å². The minimum atomic E-state index is -5.80. The zero-order valence-corrected chi connectivity index (χ0v) is 18.1. The summed E-state index contributed by atoms with van der Waals surface area (Å²) >= 11 is 1.38. The molecule has 33 heavy (non-hydrogen) atoms. The van der Waals surface area contributed by atoms with Gasteiger partial charge in [0.2, 0.25) is 11.6 Å². The van der Waals surface area contributed by atoms with Crippen LogP contribution in [0.25, 0.3) is 11.5 Å². The predicted octanol–water partition coefficient (Wildman–Crippen LogP) is 4.72. The summed E-state index contributed by atoms with van der Waals surface area (Å²) in [7, 11) is 1.28. The first kappa shape index (κ1) is 24.4. The van der Waals surface area contributed by atoms with E-state index in [2.05, 4.69) is 19.7 Å². The maximum absolute atomic E-state index is 13.1. The van der Waals surface area contributed by atoms with Crippen LogP contribution >= 0.6 is 11.8 Å². The second-order valence-corrected chi connectivity index (χ2v) is 7.83. The fourth-order valence-electron chi connectivity index (χ4n) is 2.54. The average molecular weight is 488 g/mol. The van der Waals surface area contributed by atoms with Crippen molar-refractivity contribution in [2.24, 2.45) is 7.05 Å². The average Bonchev–Trinajstić information content (AvgIpc) is 2.76. The van der Waals surface area contributed by atoms with Crippen molar-refractivity contribution in [2.75, 3.05) is 12.4 Å². The number of hydrogen-bond donors (Lipinski definition) is 0. The van der Waals surface area contributed by atoms with E-state index in [0.717, 1.165) is 10.8 Å². The van der Waals surface area contributed by atoms with Gasteiger partial charge in [0.25, 0.3) is 5.56 Å². The van der Waals surface area contributed by atoms with Gasteiger partial charge in [0.1, 0.15) is 11.4 Å². The largest absolute Gasteiger partial charge is 0.480 e. The molecule has 0 aromatic carbocycles. The molecular formula is C20H17F5N4O3S. The summed E-state index contributed by atoms with van der Waals surface area (Å²) in [5.41, 5.74) is -0.650. The van der Waals surface area contributed by atoms with E-state index < -0.39 is 30.0 Å². The molecule has 3 aromatic rings. The fraction of sp³-hybridized carbons (Fsp3) is 0.300. The topological polar surface area (TPSA) is 79.1 Å². The number of aromatic nitrogens is 4. The molecule has 0 fully saturated rings. The van der Waals surface area contributed by atoms with E-state index in [0.29, 0.717) is 28.0 Å². The first-order chi connectivity index (χ1) is 15.5. The predicted molar refractivity (Wildman–Crippen MR) is 110 cm³/mol. The quantitative estimate of drug-likeness (QED) is 0.335. The van der Waals surface area contributed by atoms with Crippen LogP contribution < -0.4 is 15.0 Å². The lowest BCUT2D eigenvalue weighted by molar-refractivity contribution is -0.290. The Morgan fingerprint density at radius 1 is 1.09 bits per heavy atom. The van der Waals surface area contributed by atoms with Crippen LogP contribution in [0.3, 0.4) is 0 Å². The highest BCUT2D eigenvalue weighted by atomic mass is 32.2. The van der Waals surface area contributed by atoms with Crippen molar-refractivity contribution >= 4 is 11.8 Å². The van der Waals surface area contributed by atoms with Crippen LogP contribution in [-0.2, 0) is 7.05 Å². The molecule has 3 heterocycles. The number of rotatable bonds is 8. The second kappa shape index (κ2) is 9.73. The third-order valence-corrected chi connectivity index (χ3v) is 5.07. The summed E-state index contributed by atoms with van der Waals surface area (Å²) in [6, 6.07) is 6.81. The lowest BCUT2D eigenvalue weighted by atomic mass is 10.3. The molecule has 0 amide bonds. The smallest absolute Gasteiger partial charge is 0.456 e. The third-order valence-electron chi connectivity index (χ3n) is 4.16. The standard InChI is InChI=1S/C20H17F5N4O3S/c1-3-33-14-8-12(32-15-6-4-5-7-26-15)9-27-16(14)17-28-10-13(18(30)29(17)2)31-11-19(21,22)20(23,24)25/h4-10H,3,11H2,1-2H3. The van der Waals surface area contributed by atoms with E-state index >= 15 is 0 Å². The first-order valence-electron chi connectivity index (χ1n) is 9.39. The zero-order valence-electron chi connectivity index (χ0n) is 17.3. The van der Waals surface area contributed by atoms with E-state index in [1.54, 1.807) is 30.5 Å². The van der Waals surface area contributed by atoms with Crippen molar-refractivity contribution in [3.05, 3.63) is 53.2 Å². The first-order valence-corrected chi connectivity index (χ1v) is 10.4. The van der Waals surface area contributed by atoms with Gasteiger partial charge in [-0.2, -0.15) is 22.0 Å². The van der Waals surface area contributed by atoms with Crippen molar-refractivity contribution in [1.29, 1.82) is 0 Å². The Morgan fingerprint density at radius 3 is 2.48 bits per heavy atom. The maximum atomic E-state index is 13.1. The molecule has 3 aromatic heterocycles. The Hall–Kier alpha value is -3.22. The molecule has 0 spiro atoms. The van der Waals surface area contributed by atoms with Gasteiger partial charge in [0.15, 0.2) is 12.4 Å². The van der Waals surface area contributed by atoms with Crippen LogP contribution in [0.4, 0.5) is 22.0 Å². The van der Waals surface area contributed by atoms with Gasteiger partial charge in [0, 0.05) is 24.2 Å². The molecule has 0 atom stereocenters. The van der Waals surface area contributed by atoms with Crippen molar-refractivity contribution in [2.45, 2.75) is 23.9 Å². The molecule has 7 nitrogen and oxygen atoms in total. The van der Waals surface area contributed by atoms with Crippen LogP contribution in [-0.4, -0.2) is 44.0 Å². The minimum Gasteiger partial charge on any atom is -0.480 e. The van der Waals surface area contributed by atoms with E-state index in [1.807, 2.05) is 6.92 Å². The summed E-state index contributed by atoms with van der Waals surface area (Å²) in [6.45, 7) is -0.146. The SMILES string of the molecule is CCSc1cc(Oc2ccccn2)cnc1-c1ncc(OCC(F)(F)C(F)(F)F)c(=O)n1C. The minimum absolute atomic E-state index is 0.0651. The van der Waals surface area contributed by atoms with Gasteiger partial charge in [0.05, 0.1) is 12.4 Å². The highest BCUT2D eigenvalue weighted by Crippen LogP contribution is 2.36. The van der Waals surface area contributed by atoms with Crippen LogP contribution in [0.5, 0.6) is 17.4 Å². The third kappa shape index (κ3) is 5.59. The van der Waals surface area contributed by atoms with Crippen LogP contribution in [0.2, 0.25) is 0 Å². The van der Waals surface area contributed by atoms with Gasteiger partial charge >= 0.3 is 12.1 Å². The van der Waals surface area contributed by atoms with E-state index in [1.165, 1.54) is 25.0 Å². The molecule has 0 saturated heterocycles. The van der Waals surface area contributed by atoms with Crippen LogP contribution in [0.1, 0.15) is 6.92 Å². The second-order valence-electron chi connectivity index (χ2n) is 6.52. The number of thioether (sulfide) groups is 1. The molecule has 0 saturated carbocycles.